The fourth-order valence-corrected chi connectivity index (χ4v) is 3.22. The summed E-state index contributed by atoms with van der Waals surface area (Å²) in [4.78, 5) is 28.3. The number of ether oxygens (including phenoxy) is 3. The molecule has 160 valence electrons. The highest BCUT2D eigenvalue weighted by Gasteiger charge is 2.21. The molecule has 1 aromatic carbocycles. The molecule has 1 aromatic rings. The van der Waals surface area contributed by atoms with E-state index in [0.717, 1.165) is 5.56 Å². The van der Waals surface area contributed by atoms with Gasteiger partial charge >= 0.3 is 0 Å². The minimum Gasteiger partial charge on any atom is -0.493 e. The Morgan fingerprint density at radius 2 is 1.69 bits per heavy atom. The zero-order valence-electron chi connectivity index (χ0n) is 17.9. The highest BCUT2D eigenvalue weighted by atomic mass is 16.5. The van der Waals surface area contributed by atoms with E-state index < -0.39 is 0 Å². The first kappa shape index (κ1) is 22.5. The number of rotatable bonds is 8. The monoisotopic (exact) mass is 405 g/mol. The molecule has 8 nitrogen and oxygen atoms in total. The van der Waals surface area contributed by atoms with E-state index in [-0.39, 0.29) is 17.9 Å². The molecule has 0 radical (unpaired) electrons. The first-order chi connectivity index (χ1) is 13.9. The van der Waals surface area contributed by atoms with Crippen molar-refractivity contribution in [2.75, 3.05) is 54.1 Å². The third-order valence-electron chi connectivity index (χ3n) is 4.64. The van der Waals surface area contributed by atoms with Crippen LogP contribution in [0, 0.1) is 0 Å². The fraction of sp³-hybridized carbons (Fsp3) is 0.524. The molecule has 1 fully saturated rings. The average molecular weight is 405 g/mol. The highest BCUT2D eigenvalue weighted by molar-refractivity contribution is 5.92. The van der Waals surface area contributed by atoms with E-state index in [1.165, 1.54) is 6.08 Å². The van der Waals surface area contributed by atoms with Crippen molar-refractivity contribution in [2.45, 2.75) is 19.9 Å². The van der Waals surface area contributed by atoms with Gasteiger partial charge in [0.1, 0.15) is 0 Å². The molecule has 0 spiro atoms. The van der Waals surface area contributed by atoms with Gasteiger partial charge in [0.25, 0.3) is 0 Å². The van der Waals surface area contributed by atoms with E-state index >= 15 is 0 Å². The first-order valence-corrected chi connectivity index (χ1v) is 9.67. The fourth-order valence-electron chi connectivity index (χ4n) is 3.22. The maximum absolute atomic E-state index is 12.6. The van der Waals surface area contributed by atoms with E-state index in [1.54, 1.807) is 38.4 Å². The lowest BCUT2D eigenvalue weighted by Gasteiger charge is -2.33. The smallest absolute Gasteiger partial charge is 0.246 e. The van der Waals surface area contributed by atoms with Gasteiger partial charge in [-0.15, -0.1) is 0 Å². The van der Waals surface area contributed by atoms with Gasteiger partial charge in [-0.3, -0.25) is 14.5 Å². The summed E-state index contributed by atoms with van der Waals surface area (Å²) in [7, 11) is 4.65. The summed E-state index contributed by atoms with van der Waals surface area (Å²) in [5, 5.41) is 2.89. The number of hydrogen-bond donors (Lipinski definition) is 1. The zero-order chi connectivity index (χ0) is 21.4. The van der Waals surface area contributed by atoms with Crippen LogP contribution in [0.2, 0.25) is 0 Å². The maximum atomic E-state index is 12.6. The van der Waals surface area contributed by atoms with Crippen LogP contribution in [0.3, 0.4) is 0 Å². The van der Waals surface area contributed by atoms with Crippen molar-refractivity contribution in [3.8, 4) is 17.2 Å². The van der Waals surface area contributed by atoms with Crippen LogP contribution in [-0.4, -0.2) is 81.7 Å². The van der Waals surface area contributed by atoms with Crippen LogP contribution in [0.15, 0.2) is 18.2 Å². The van der Waals surface area contributed by atoms with E-state index in [2.05, 4.69) is 10.2 Å². The summed E-state index contributed by atoms with van der Waals surface area (Å²) < 4.78 is 16.1. The van der Waals surface area contributed by atoms with Crippen molar-refractivity contribution in [3.63, 3.8) is 0 Å². The first-order valence-electron chi connectivity index (χ1n) is 9.67. The molecule has 1 saturated heterocycles. The Morgan fingerprint density at radius 3 is 2.24 bits per heavy atom. The highest BCUT2D eigenvalue weighted by Crippen LogP contribution is 2.40. The average Bonchev–Trinajstić information content (AvgIpc) is 2.70. The predicted molar refractivity (Wildman–Crippen MR) is 111 cm³/mol. The van der Waals surface area contributed by atoms with Crippen molar-refractivity contribution >= 4 is 17.9 Å². The number of nitrogens with one attached hydrogen (secondary N) is 1. The van der Waals surface area contributed by atoms with Crippen LogP contribution in [0.25, 0.3) is 6.08 Å². The number of methoxy groups -OCH3 is 3. The predicted octanol–water partition coefficient (Wildman–Crippen LogP) is 1.39. The maximum Gasteiger partial charge on any atom is 0.246 e. The molecular formula is C21H31N3O5. The minimum absolute atomic E-state index is 0.0141. The molecule has 1 heterocycles. The van der Waals surface area contributed by atoms with Crippen LogP contribution in [0.5, 0.6) is 17.2 Å². The Kier molecular flexibility index (Phi) is 8.33. The van der Waals surface area contributed by atoms with Gasteiger partial charge in [-0.1, -0.05) is 0 Å². The SMILES string of the molecule is COc1ccc(C=CC(=O)N2CCN(CC(=O)NC(C)C)CC2)c(OC)c1OC. The number of amides is 2. The molecule has 8 heteroatoms. The lowest BCUT2D eigenvalue weighted by atomic mass is 10.1. The van der Waals surface area contributed by atoms with Gasteiger partial charge in [0.05, 0.1) is 27.9 Å². The largest absolute Gasteiger partial charge is 0.493 e. The van der Waals surface area contributed by atoms with E-state index in [1.807, 2.05) is 19.9 Å². The molecule has 0 aromatic heterocycles. The molecule has 2 rings (SSSR count). The van der Waals surface area contributed by atoms with Gasteiger partial charge in [-0.2, -0.15) is 0 Å². The van der Waals surface area contributed by atoms with E-state index in [4.69, 9.17) is 14.2 Å². The molecule has 0 aliphatic carbocycles. The van der Waals surface area contributed by atoms with Crippen molar-refractivity contribution in [1.29, 1.82) is 0 Å². The van der Waals surface area contributed by atoms with Crippen molar-refractivity contribution in [1.82, 2.24) is 15.1 Å². The molecule has 1 aliphatic rings. The summed E-state index contributed by atoms with van der Waals surface area (Å²) in [6, 6.07) is 3.71. The van der Waals surface area contributed by atoms with Crippen molar-refractivity contribution in [2.24, 2.45) is 0 Å². The molecule has 29 heavy (non-hydrogen) atoms. The quantitative estimate of drug-likeness (QED) is 0.659. The molecule has 0 saturated carbocycles. The van der Waals surface area contributed by atoms with Crippen LogP contribution >= 0.6 is 0 Å². The molecule has 0 unspecified atom stereocenters. The minimum atomic E-state index is -0.0758. The second-order valence-electron chi connectivity index (χ2n) is 7.08. The van der Waals surface area contributed by atoms with Crippen LogP contribution in [0.1, 0.15) is 19.4 Å². The van der Waals surface area contributed by atoms with Gasteiger partial charge in [0.2, 0.25) is 17.6 Å². The number of nitrogens with zero attached hydrogens (tertiary/aromatic N) is 2. The van der Waals surface area contributed by atoms with E-state index in [9.17, 15) is 9.59 Å². The van der Waals surface area contributed by atoms with Gasteiger partial charge in [-0.25, -0.2) is 0 Å². The third kappa shape index (κ3) is 6.12. The lowest BCUT2D eigenvalue weighted by molar-refractivity contribution is -0.128. The second kappa shape index (κ2) is 10.7. The van der Waals surface area contributed by atoms with Gasteiger partial charge in [0, 0.05) is 43.9 Å². The lowest BCUT2D eigenvalue weighted by Crippen LogP contribution is -2.51. The van der Waals surface area contributed by atoms with Crippen molar-refractivity contribution < 1.29 is 23.8 Å². The number of benzene rings is 1. The van der Waals surface area contributed by atoms with Gasteiger partial charge < -0.3 is 24.4 Å². The molecular weight excluding hydrogens is 374 g/mol. The Hall–Kier alpha value is -2.74. The summed E-state index contributed by atoms with van der Waals surface area (Å²) >= 11 is 0. The summed E-state index contributed by atoms with van der Waals surface area (Å²) in [6.45, 7) is 6.75. The summed E-state index contributed by atoms with van der Waals surface area (Å²) in [6.07, 6.45) is 3.25. The molecule has 2 amide bonds. The Morgan fingerprint density at radius 1 is 1.03 bits per heavy atom. The number of carbonyl (C=O) groups excluding carboxylic acids is 2. The zero-order valence-corrected chi connectivity index (χ0v) is 17.9. The summed E-state index contributed by atoms with van der Waals surface area (Å²) in [5.74, 6) is 1.49. The van der Waals surface area contributed by atoms with Crippen LogP contribution < -0.4 is 19.5 Å². The van der Waals surface area contributed by atoms with Gasteiger partial charge in [-0.05, 0) is 32.1 Å². The second-order valence-corrected chi connectivity index (χ2v) is 7.08. The van der Waals surface area contributed by atoms with E-state index in [0.29, 0.717) is 50.0 Å². The standard InChI is InChI=1S/C21H31N3O5/c1-15(2)22-18(25)14-23-10-12-24(13-11-23)19(26)9-7-16-6-8-17(27-3)21(29-5)20(16)28-4/h6-9,15H,10-14H2,1-5H3,(H,22,25). The van der Waals surface area contributed by atoms with Crippen molar-refractivity contribution in [3.05, 3.63) is 23.8 Å². The normalized spacial score (nSPS) is 14.9. The topological polar surface area (TPSA) is 80.3 Å². The Bertz CT molecular complexity index is 740. The Labute approximate surface area is 172 Å². The third-order valence-corrected chi connectivity index (χ3v) is 4.64. The molecule has 1 N–H and O–H groups in total. The molecule has 0 atom stereocenters. The number of piperazine rings is 1. The summed E-state index contributed by atoms with van der Waals surface area (Å²) in [5.41, 5.74) is 0.725. The molecule has 1 aliphatic heterocycles. The van der Waals surface area contributed by atoms with Crippen LogP contribution in [0.4, 0.5) is 0 Å². The molecule has 0 bridgehead atoms. The van der Waals surface area contributed by atoms with Gasteiger partial charge in [0.15, 0.2) is 11.5 Å². The van der Waals surface area contributed by atoms with Crippen LogP contribution in [-0.2, 0) is 9.59 Å². The Balaban J connectivity index is 1.96. The number of hydrogen-bond acceptors (Lipinski definition) is 6. The number of carbonyl (C=O) groups is 2.